The molecule has 1 aliphatic rings. The molecule has 1 aromatic carbocycles. The predicted octanol–water partition coefficient (Wildman–Crippen LogP) is 3.93. The van der Waals surface area contributed by atoms with Crippen molar-refractivity contribution in [3.63, 3.8) is 0 Å². The van der Waals surface area contributed by atoms with Crippen molar-refractivity contribution >= 4 is 40.6 Å². The maximum Gasteiger partial charge on any atom is 0.237 e. The molecular weight excluding hydrogens is 280 g/mol. The van der Waals surface area contributed by atoms with E-state index in [9.17, 15) is 4.79 Å². The van der Waals surface area contributed by atoms with Crippen LogP contribution < -0.4 is 11.1 Å². The lowest BCUT2D eigenvalue weighted by molar-refractivity contribution is -0.115. The first kappa shape index (κ1) is 14.5. The van der Waals surface area contributed by atoms with Crippen LogP contribution in [0.1, 0.15) is 32.6 Å². The van der Waals surface area contributed by atoms with Crippen molar-refractivity contribution in [2.75, 3.05) is 11.1 Å². The Kier molecular flexibility index (Phi) is 4.99. The Morgan fingerprint density at radius 3 is 2.79 bits per heavy atom. The number of carbonyl (C=O) groups excluding carboxylic acids is 1. The largest absolute Gasteiger partial charge is 0.399 e. The van der Waals surface area contributed by atoms with Gasteiger partial charge < -0.3 is 11.1 Å². The lowest BCUT2D eigenvalue weighted by Crippen LogP contribution is -2.24. The Hall–Kier alpha value is -0.870. The highest BCUT2D eigenvalue weighted by atomic mass is 35.5. The molecule has 0 aliphatic heterocycles. The molecule has 0 aromatic heterocycles. The van der Waals surface area contributed by atoms with Gasteiger partial charge in [0.05, 0.1) is 16.0 Å². The molecule has 19 heavy (non-hydrogen) atoms. The van der Waals surface area contributed by atoms with Gasteiger partial charge in [0.25, 0.3) is 0 Å². The zero-order valence-corrected chi connectivity index (χ0v) is 12.6. The first-order valence-corrected chi connectivity index (χ1v) is 7.89. The van der Waals surface area contributed by atoms with E-state index in [0.717, 1.165) is 0 Å². The standard InChI is InChI=1S/C14H19ClN2OS/c1-9(19-11-4-2-3-5-11)14(18)17-13-7-6-10(16)8-12(13)15/h6-9,11H,2-5,16H2,1H3,(H,17,18). The number of thioether (sulfide) groups is 1. The molecule has 1 fully saturated rings. The van der Waals surface area contributed by atoms with Crippen molar-refractivity contribution in [1.82, 2.24) is 0 Å². The molecule has 2 rings (SSSR count). The van der Waals surface area contributed by atoms with E-state index < -0.39 is 0 Å². The predicted molar refractivity (Wildman–Crippen MR) is 83.8 cm³/mol. The molecule has 3 N–H and O–H groups in total. The molecule has 104 valence electrons. The zero-order chi connectivity index (χ0) is 13.8. The number of carbonyl (C=O) groups is 1. The minimum atomic E-state index is -0.0586. The van der Waals surface area contributed by atoms with Crippen molar-refractivity contribution in [1.29, 1.82) is 0 Å². The van der Waals surface area contributed by atoms with Crippen LogP contribution in [0.2, 0.25) is 5.02 Å². The summed E-state index contributed by atoms with van der Waals surface area (Å²) in [7, 11) is 0. The van der Waals surface area contributed by atoms with Crippen LogP contribution in [0.15, 0.2) is 18.2 Å². The number of halogens is 1. The molecule has 3 nitrogen and oxygen atoms in total. The number of nitrogens with two attached hydrogens (primary N) is 1. The minimum Gasteiger partial charge on any atom is -0.399 e. The number of rotatable bonds is 4. The van der Waals surface area contributed by atoms with Crippen LogP contribution in [0.25, 0.3) is 0 Å². The number of nitrogens with one attached hydrogen (secondary N) is 1. The second-order valence-electron chi connectivity index (χ2n) is 4.91. The van der Waals surface area contributed by atoms with E-state index >= 15 is 0 Å². The highest BCUT2D eigenvalue weighted by Crippen LogP contribution is 2.33. The zero-order valence-electron chi connectivity index (χ0n) is 11.0. The third kappa shape index (κ3) is 4.05. The van der Waals surface area contributed by atoms with Gasteiger partial charge >= 0.3 is 0 Å². The molecule has 1 saturated carbocycles. The Balaban J connectivity index is 1.92. The summed E-state index contributed by atoms with van der Waals surface area (Å²) in [6.07, 6.45) is 5.03. The summed E-state index contributed by atoms with van der Waals surface area (Å²) in [4.78, 5) is 12.1. The second kappa shape index (κ2) is 6.53. The average molecular weight is 299 g/mol. The molecule has 0 spiro atoms. The lowest BCUT2D eigenvalue weighted by atomic mass is 10.2. The summed E-state index contributed by atoms with van der Waals surface area (Å²) in [5.41, 5.74) is 6.84. The van der Waals surface area contributed by atoms with E-state index in [1.165, 1.54) is 25.7 Å². The van der Waals surface area contributed by atoms with Crippen LogP contribution in [-0.4, -0.2) is 16.4 Å². The normalized spacial score (nSPS) is 17.4. The van der Waals surface area contributed by atoms with E-state index in [1.54, 1.807) is 30.0 Å². The average Bonchev–Trinajstić information content (AvgIpc) is 2.85. The van der Waals surface area contributed by atoms with Gasteiger partial charge in [-0.25, -0.2) is 0 Å². The van der Waals surface area contributed by atoms with Gasteiger partial charge in [0, 0.05) is 10.9 Å². The fourth-order valence-corrected chi connectivity index (χ4v) is 3.84. The summed E-state index contributed by atoms with van der Waals surface area (Å²) >= 11 is 7.81. The number of benzene rings is 1. The molecular formula is C14H19ClN2OS. The molecule has 1 aromatic rings. The fourth-order valence-electron chi connectivity index (χ4n) is 2.24. The SMILES string of the molecule is CC(SC1CCCC1)C(=O)Nc1ccc(N)cc1Cl. The van der Waals surface area contributed by atoms with Gasteiger partial charge in [-0.05, 0) is 38.0 Å². The Bertz CT molecular complexity index is 461. The quantitative estimate of drug-likeness (QED) is 0.828. The third-order valence-electron chi connectivity index (χ3n) is 3.32. The number of amides is 1. The molecule has 0 heterocycles. The summed E-state index contributed by atoms with van der Waals surface area (Å²) in [5, 5.41) is 3.91. The third-order valence-corrected chi connectivity index (χ3v) is 5.11. The Morgan fingerprint density at radius 1 is 1.47 bits per heavy atom. The van der Waals surface area contributed by atoms with Gasteiger partial charge in [-0.3, -0.25) is 4.79 Å². The highest BCUT2D eigenvalue weighted by molar-refractivity contribution is 8.01. The molecule has 5 heteroatoms. The van der Waals surface area contributed by atoms with Crippen molar-refractivity contribution in [2.24, 2.45) is 0 Å². The second-order valence-corrected chi connectivity index (χ2v) is 6.97. The topological polar surface area (TPSA) is 55.1 Å². The summed E-state index contributed by atoms with van der Waals surface area (Å²) in [6.45, 7) is 1.95. The van der Waals surface area contributed by atoms with Crippen LogP contribution in [0.4, 0.5) is 11.4 Å². The van der Waals surface area contributed by atoms with Gasteiger partial charge in [0.1, 0.15) is 0 Å². The summed E-state index contributed by atoms with van der Waals surface area (Å²) in [5.74, 6) is 0.00331. The van der Waals surface area contributed by atoms with E-state index in [-0.39, 0.29) is 11.2 Å². The van der Waals surface area contributed by atoms with Crippen LogP contribution in [0.5, 0.6) is 0 Å². The number of hydrogen-bond acceptors (Lipinski definition) is 3. The number of anilines is 2. The van der Waals surface area contributed by atoms with Crippen molar-refractivity contribution in [3.8, 4) is 0 Å². The van der Waals surface area contributed by atoms with Crippen molar-refractivity contribution in [3.05, 3.63) is 23.2 Å². The maximum absolute atomic E-state index is 12.1. The van der Waals surface area contributed by atoms with Gasteiger partial charge in [-0.2, -0.15) is 0 Å². The van der Waals surface area contributed by atoms with E-state index in [0.29, 0.717) is 21.6 Å². The summed E-state index contributed by atoms with van der Waals surface area (Å²) in [6, 6.07) is 5.12. The van der Waals surface area contributed by atoms with Crippen molar-refractivity contribution < 1.29 is 4.79 Å². The molecule has 0 bridgehead atoms. The van der Waals surface area contributed by atoms with Crippen molar-refractivity contribution in [2.45, 2.75) is 43.1 Å². The minimum absolute atomic E-state index is 0.00331. The molecule has 0 saturated heterocycles. The lowest BCUT2D eigenvalue weighted by Gasteiger charge is -2.16. The molecule has 1 unspecified atom stereocenters. The van der Waals surface area contributed by atoms with Crippen LogP contribution in [0, 0.1) is 0 Å². The van der Waals surface area contributed by atoms with Gasteiger partial charge in [0.15, 0.2) is 0 Å². The maximum atomic E-state index is 12.1. The molecule has 0 radical (unpaired) electrons. The van der Waals surface area contributed by atoms with E-state index in [4.69, 9.17) is 17.3 Å². The molecule has 1 aliphatic carbocycles. The van der Waals surface area contributed by atoms with Crippen LogP contribution in [0.3, 0.4) is 0 Å². The van der Waals surface area contributed by atoms with E-state index in [2.05, 4.69) is 5.32 Å². The monoisotopic (exact) mass is 298 g/mol. The van der Waals surface area contributed by atoms with Gasteiger partial charge in [-0.1, -0.05) is 24.4 Å². The molecule has 1 amide bonds. The smallest absolute Gasteiger partial charge is 0.237 e. The van der Waals surface area contributed by atoms with Crippen LogP contribution >= 0.6 is 23.4 Å². The Morgan fingerprint density at radius 2 is 2.16 bits per heavy atom. The highest BCUT2D eigenvalue weighted by Gasteiger charge is 2.22. The number of hydrogen-bond donors (Lipinski definition) is 2. The summed E-state index contributed by atoms with van der Waals surface area (Å²) < 4.78 is 0. The molecule has 1 atom stereocenters. The van der Waals surface area contributed by atoms with Crippen LogP contribution in [-0.2, 0) is 4.79 Å². The first-order chi connectivity index (χ1) is 9.06. The Labute approximate surface area is 123 Å². The number of nitrogen functional groups attached to an aromatic ring is 1. The fraction of sp³-hybridized carbons (Fsp3) is 0.500. The first-order valence-electron chi connectivity index (χ1n) is 6.57. The van der Waals surface area contributed by atoms with Gasteiger partial charge in [-0.15, -0.1) is 11.8 Å². The van der Waals surface area contributed by atoms with E-state index in [1.807, 2.05) is 6.92 Å². The van der Waals surface area contributed by atoms with Gasteiger partial charge in [0.2, 0.25) is 5.91 Å².